The minimum Gasteiger partial charge on any atom is -0.480 e. The maximum absolute atomic E-state index is 10.9. The Morgan fingerprint density at radius 2 is 2.31 bits per heavy atom. The smallest absolute Gasteiger partial charge is 0.327 e. The molecular formula is C9H12N2O2. The van der Waals surface area contributed by atoms with Crippen molar-refractivity contribution in [2.45, 2.75) is 25.3 Å². The van der Waals surface area contributed by atoms with Gasteiger partial charge in [0.1, 0.15) is 6.04 Å². The number of fused-ring (bicyclic) bond motifs is 1. The van der Waals surface area contributed by atoms with Gasteiger partial charge in [-0.3, -0.25) is 4.90 Å². The van der Waals surface area contributed by atoms with Gasteiger partial charge in [-0.25, -0.2) is 4.79 Å². The molecule has 0 bridgehead atoms. The van der Waals surface area contributed by atoms with E-state index in [2.05, 4.69) is 0 Å². The van der Waals surface area contributed by atoms with Crippen LogP contribution in [0.2, 0.25) is 0 Å². The largest absolute Gasteiger partial charge is 0.480 e. The molecule has 13 heavy (non-hydrogen) atoms. The lowest BCUT2D eigenvalue weighted by Crippen LogP contribution is -2.36. The summed E-state index contributed by atoms with van der Waals surface area (Å²) in [6.07, 6.45) is 5.16. The molecule has 0 aromatic rings. The van der Waals surface area contributed by atoms with Crippen molar-refractivity contribution < 1.29 is 9.90 Å². The maximum Gasteiger partial charge on any atom is 0.327 e. The molecule has 2 rings (SSSR count). The summed E-state index contributed by atoms with van der Waals surface area (Å²) in [5.74, 6) is -0.172. The Hall–Kier alpha value is -1.24. The third-order valence-electron chi connectivity index (χ3n) is 3.27. The van der Waals surface area contributed by atoms with E-state index in [1.165, 1.54) is 4.90 Å². The molecule has 0 radical (unpaired) electrons. The van der Waals surface area contributed by atoms with Crippen LogP contribution in [0.5, 0.6) is 0 Å². The average molecular weight is 180 g/mol. The molecule has 0 aromatic carbocycles. The second-order valence-electron chi connectivity index (χ2n) is 3.89. The first-order valence-electron chi connectivity index (χ1n) is 4.63. The molecule has 1 heterocycles. The Kier molecular flexibility index (Phi) is 1.87. The second-order valence-corrected chi connectivity index (χ2v) is 3.89. The van der Waals surface area contributed by atoms with E-state index in [4.69, 9.17) is 10.4 Å². The molecule has 0 spiro atoms. The standard InChI is InChI=1S/C9H12N2O2/c10-5-11-4-6-2-1-3-7(6)8(11)9(12)13/h6-8H,1-4H2,(H,12,13). The van der Waals surface area contributed by atoms with Crippen LogP contribution in [0.1, 0.15) is 19.3 Å². The average Bonchev–Trinajstić information content (AvgIpc) is 2.59. The van der Waals surface area contributed by atoms with Gasteiger partial charge in [0.15, 0.2) is 6.19 Å². The lowest BCUT2D eigenvalue weighted by Gasteiger charge is -2.17. The van der Waals surface area contributed by atoms with Gasteiger partial charge in [0, 0.05) is 6.54 Å². The fourth-order valence-electron chi connectivity index (χ4n) is 2.72. The molecule has 3 unspecified atom stereocenters. The van der Waals surface area contributed by atoms with Crippen LogP contribution in [0.25, 0.3) is 0 Å². The maximum atomic E-state index is 10.9. The molecule has 0 amide bonds. The molecule has 3 atom stereocenters. The highest BCUT2D eigenvalue weighted by Crippen LogP contribution is 2.41. The highest BCUT2D eigenvalue weighted by molar-refractivity contribution is 5.74. The summed E-state index contributed by atoms with van der Waals surface area (Å²) in [6.45, 7) is 0.651. The predicted molar refractivity (Wildman–Crippen MR) is 44.6 cm³/mol. The SMILES string of the molecule is N#CN1CC2CCCC2C1C(=O)O. The van der Waals surface area contributed by atoms with Gasteiger partial charge in [-0.1, -0.05) is 6.42 Å². The fourth-order valence-corrected chi connectivity index (χ4v) is 2.72. The molecule has 70 valence electrons. The van der Waals surface area contributed by atoms with Crippen molar-refractivity contribution in [1.82, 2.24) is 4.90 Å². The molecular weight excluding hydrogens is 168 g/mol. The summed E-state index contributed by atoms with van der Waals surface area (Å²) in [4.78, 5) is 12.3. The Labute approximate surface area is 76.8 Å². The summed E-state index contributed by atoms with van der Waals surface area (Å²) in [5, 5.41) is 17.7. The van der Waals surface area contributed by atoms with Crippen LogP contribution in [-0.4, -0.2) is 28.6 Å². The minimum atomic E-state index is -0.837. The minimum absolute atomic E-state index is 0.220. The van der Waals surface area contributed by atoms with Crippen molar-refractivity contribution in [3.8, 4) is 6.19 Å². The van der Waals surface area contributed by atoms with Gasteiger partial charge < -0.3 is 5.11 Å². The number of likely N-dealkylation sites (tertiary alicyclic amines) is 1. The van der Waals surface area contributed by atoms with Gasteiger partial charge in [0.2, 0.25) is 0 Å². The highest BCUT2D eigenvalue weighted by Gasteiger charge is 2.47. The molecule has 4 heteroatoms. The molecule has 1 saturated heterocycles. The first-order valence-corrected chi connectivity index (χ1v) is 4.63. The van der Waals surface area contributed by atoms with Gasteiger partial charge in [0.25, 0.3) is 0 Å². The van der Waals surface area contributed by atoms with E-state index in [1.54, 1.807) is 0 Å². The van der Waals surface area contributed by atoms with Crippen LogP contribution in [0, 0.1) is 23.3 Å². The number of nitriles is 1. The van der Waals surface area contributed by atoms with Crippen LogP contribution in [0.4, 0.5) is 0 Å². The number of aliphatic carboxylic acids is 1. The Balaban J connectivity index is 2.20. The number of hydrogen-bond donors (Lipinski definition) is 1. The molecule has 0 aromatic heterocycles. The lowest BCUT2D eigenvalue weighted by molar-refractivity contribution is -0.142. The first kappa shape index (κ1) is 8.36. The van der Waals surface area contributed by atoms with Crippen LogP contribution in [-0.2, 0) is 4.79 Å². The molecule has 2 aliphatic rings. The number of carbonyl (C=O) groups is 1. The van der Waals surface area contributed by atoms with Crippen molar-refractivity contribution in [2.24, 2.45) is 11.8 Å². The molecule has 4 nitrogen and oxygen atoms in total. The summed E-state index contributed by atoms with van der Waals surface area (Å²) in [6, 6.07) is -0.544. The molecule has 1 aliphatic heterocycles. The normalized spacial score (nSPS) is 37.2. The van der Waals surface area contributed by atoms with Gasteiger partial charge in [-0.05, 0) is 24.7 Å². The van der Waals surface area contributed by atoms with E-state index >= 15 is 0 Å². The molecule has 1 N–H and O–H groups in total. The van der Waals surface area contributed by atoms with E-state index in [0.29, 0.717) is 12.5 Å². The molecule has 2 fully saturated rings. The zero-order valence-electron chi connectivity index (χ0n) is 7.31. The number of rotatable bonds is 1. The number of hydrogen-bond acceptors (Lipinski definition) is 3. The predicted octanol–water partition coefficient (Wildman–Crippen LogP) is 0.653. The third kappa shape index (κ3) is 1.15. The van der Waals surface area contributed by atoms with Gasteiger partial charge >= 0.3 is 5.97 Å². The topological polar surface area (TPSA) is 64.3 Å². The third-order valence-corrected chi connectivity index (χ3v) is 3.27. The number of nitrogens with zero attached hydrogens (tertiary/aromatic N) is 2. The zero-order chi connectivity index (χ0) is 9.42. The fraction of sp³-hybridized carbons (Fsp3) is 0.778. The van der Waals surface area contributed by atoms with Crippen molar-refractivity contribution >= 4 is 5.97 Å². The molecule has 1 saturated carbocycles. The van der Waals surface area contributed by atoms with E-state index < -0.39 is 12.0 Å². The number of carboxylic acids is 1. The number of carboxylic acid groups (broad SMARTS) is 1. The lowest BCUT2D eigenvalue weighted by atomic mass is 9.94. The molecule has 1 aliphatic carbocycles. The summed E-state index contributed by atoms with van der Waals surface area (Å²) in [5.41, 5.74) is 0. The Bertz CT molecular complexity index is 271. The van der Waals surface area contributed by atoms with Crippen LogP contribution < -0.4 is 0 Å². The Morgan fingerprint density at radius 3 is 2.92 bits per heavy atom. The van der Waals surface area contributed by atoms with Gasteiger partial charge in [-0.15, -0.1) is 0 Å². The first-order chi connectivity index (χ1) is 6.24. The zero-order valence-corrected chi connectivity index (χ0v) is 7.31. The summed E-state index contributed by atoms with van der Waals surface area (Å²) < 4.78 is 0. The Morgan fingerprint density at radius 1 is 1.54 bits per heavy atom. The van der Waals surface area contributed by atoms with Crippen LogP contribution in [0.15, 0.2) is 0 Å². The van der Waals surface area contributed by atoms with Crippen molar-refractivity contribution in [3.05, 3.63) is 0 Å². The van der Waals surface area contributed by atoms with Crippen molar-refractivity contribution in [3.63, 3.8) is 0 Å². The van der Waals surface area contributed by atoms with Gasteiger partial charge in [-0.2, -0.15) is 5.26 Å². The van der Waals surface area contributed by atoms with E-state index in [-0.39, 0.29) is 5.92 Å². The van der Waals surface area contributed by atoms with E-state index in [1.807, 2.05) is 6.19 Å². The quantitative estimate of drug-likeness (QED) is 0.602. The highest BCUT2D eigenvalue weighted by atomic mass is 16.4. The van der Waals surface area contributed by atoms with Crippen LogP contribution in [0.3, 0.4) is 0 Å². The summed E-state index contributed by atoms with van der Waals surface area (Å²) >= 11 is 0. The van der Waals surface area contributed by atoms with Crippen LogP contribution >= 0.6 is 0 Å². The van der Waals surface area contributed by atoms with E-state index in [0.717, 1.165) is 19.3 Å². The van der Waals surface area contributed by atoms with Crippen molar-refractivity contribution in [1.29, 1.82) is 5.26 Å². The second kappa shape index (κ2) is 2.91. The van der Waals surface area contributed by atoms with Gasteiger partial charge in [0.05, 0.1) is 0 Å². The van der Waals surface area contributed by atoms with Crippen molar-refractivity contribution in [2.75, 3.05) is 6.54 Å². The van der Waals surface area contributed by atoms with E-state index in [9.17, 15) is 4.79 Å². The summed E-state index contributed by atoms with van der Waals surface area (Å²) in [7, 11) is 0. The monoisotopic (exact) mass is 180 g/mol.